The van der Waals surface area contributed by atoms with Gasteiger partial charge in [0, 0.05) is 24.4 Å². The fourth-order valence-corrected chi connectivity index (χ4v) is 1.81. The molecule has 2 aromatic rings. The van der Waals surface area contributed by atoms with Crippen LogP contribution in [0.15, 0.2) is 42.2 Å². The Bertz CT molecular complexity index is 615. The van der Waals surface area contributed by atoms with Crippen molar-refractivity contribution in [3.8, 4) is 0 Å². The number of nitrogens with zero attached hydrogens (tertiary/aromatic N) is 3. The molecule has 0 bridgehead atoms. The van der Waals surface area contributed by atoms with Gasteiger partial charge < -0.3 is 0 Å². The first-order valence-electron chi connectivity index (χ1n) is 5.95. The first-order chi connectivity index (χ1) is 9.08. The number of hydrogen-bond acceptors (Lipinski definition) is 3. The summed E-state index contributed by atoms with van der Waals surface area (Å²) in [5.41, 5.74) is 2.78. The minimum Gasteiger partial charge on any atom is -0.272 e. The van der Waals surface area contributed by atoms with Gasteiger partial charge in [0.15, 0.2) is 0 Å². The normalized spacial score (nSPS) is 11.6. The lowest BCUT2D eigenvalue weighted by Crippen LogP contribution is -2.02. The average molecular weight is 257 g/mol. The molecule has 1 heterocycles. The van der Waals surface area contributed by atoms with Crippen LogP contribution in [0.5, 0.6) is 0 Å². The number of nitro groups is 1. The lowest BCUT2D eigenvalue weighted by Gasteiger charge is -2.00. The molecule has 0 N–H and O–H groups in total. The van der Waals surface area contributed by atoms with Crippen LogP contribution in [0.3, 0.4) is 0 Å². The summed E-state index contributed by atoms with van der Waals surface area (Å²) < 4.78 is 1.70. The zero-order chi connectivity index (χ0) is 13.8. The van der Waals surface area contributed by atoms with E-state index in [1.165, 1.54) is 0 Å². The lowest BCUT2D eigenvalue weighted by atomic mass is 10.1. The SMILES string of the molecule is Cc1c(C=C(Cc2ccccc2)[N+](=O)[O-])cnn1C. The third-order valence-corrected chi connectivity index (χ3v) is 3.06. The van der Waals surface area contributed by atoms with Crippen LogP contribution in [0, 0.1) is 17.0 Å². The van der Waals surface area contributed by atoms with Crippen molar-refractivity contribution in [3.05, 3.63) is 69.2 Å². The van der Waals surface area contributed by atoms with Crippen LogP contribution in [0.25, 0.3) is 6.08 Å². The zero-order valence-corrected chi connectivity index (χ0v) is 10.9. The molecule has 0 atom stereocenters. The molecular weight excluding hydrogens is 242 g/mol. The van der Waals surface area contributed by atoms with Crippen molar-refractivity contribution in [3.63, 3.8) is 0 Å². The molecule has 0 aliphatic heterocycles. The van der Waals surface area contributed by atoms with Gasteiger partial charge >= 0.3 is 0 Å². The largest absolute Gasteiger partial charge is 0.272 e. The molecular formula is C14H15N3O2. The summed E-state index contributed by atoms with van der Waals surface area (Å²) in [7, 11) is 1.82. The summed E-state index contributed by atoms with van der Waals surface area (Å²) in [6, 6.07) is 9.41. The molecule has 0 saturated heterocycles. The summed E-state index contributed by atoms with van der Waals surface area (Å²) >= 11 is 0. The number of allylic oxidation sites excluding steroid dienone is 1. The Hall–Kier alpha value is -2.43. The van der Waals surface area contributed by atoms with Crippen LogP contribution in [-0.2, 0) is 13.5 Å². The number of aromatic nitrogens is 2. The van der Waals surface area contributed by atoms with Gasteiger partial charge in [-0.15, -0.1) is 0 Å². The highest BCUT2D eigenvalue weighted by molar-refractivity contribution is 5.53. The first kappa shape index (κ1) is 13.0. The van der Waals surface area contributed by atoms with Crippen LogP contribution in [0.1, 0.15) is 16.8 Å². The number of aryl methyl sites for hydroxylation is 1. The standard InChI is InChI=1S/C14H15N3O2/c1-11-13(10-15-16(11)2)9-14(17(18)19)8-12-6-4-3-5-7-12/h3-7,9-10H,8H2,1-2H3. The quantitative estimate of drug-likeness (QED) is 0.624. The van der Waals surface area contributed by atoms with Crippen LogP contribution < -0.4 is 0 Å². The number of benzene rings is 1. The second-order valence-corrected chi connectivity index (χ2v) is 4.36. The van der Waals surface area contributed by atoms with E-state index in [9.17, 15) is 10.1 Å². The van der Waals surface area contributed by atoms with Gasteiger partial charge in [-0.2, -0.15) is 5.10 Å². The maximum absolute atomic E-state index is 11.1. The molecule has 1 aromatic heterocycles. The Morgan fingerprint density at radius 3 is 2.63 bits per heavy atom. The van der Waals surface area contributed by atoms with E-state index >= 15 is 0 Å². The van der Waals surface area contributed by atoms with Crippen molar-refractivity contribution in [1.82, 2.24) is 9.78 Å². The summed E-state index contributed by atoms with van der Waals surface area (Å²) in [5, 5.41) is 15.2. The molecule has 0 fully saturated rings. The van der Waals surface area contributed by atoms with Crippen molar-refractivity contribution in [1.29, 1.82) is 0 Å². The fraction of sp³-hybridized carbons (Fsp3) is 0.214. The average Bonchev–Trinajstić information content (AvgIpc) is 2.71. The van der Waals surface area contributed by atoms with E-state index in [2.05, 4.69) is 5.10 Å². The molecule has 0 aliphatic carbocycles. The Balaban J connectivity index is 2.31. The van der Waals surface area contributed by atoms with Gasteiger partial charge in [-0.25, -0.2) is 0 Å². The summed E-state index contributed by atoms with van der Waals surface area (Å²) in [5.74, 6) is 0. The topological polar surface area (TPSA) is 61.0 Å². The van der Waals surface area contributed by atoms with Crippen LogP contribution >= 0.6 is 0 Å². The minimum absolute atomic E-state index is 0.169. The van der Waals surface area contributed by atoms with Gasteiger partial charge in [0.25, 0.3) is 5.70 Å². The first-order valence-corrected chi connectivity index (χ1v) is 5.95. The third kappa shape index (κ3) is 3.07. The zero-order valence-electron chi connectivity index (χ0n) is 10.9. The van der Waals surface area contributed by atoms with E-state index in [4.69, 9.17) is 0 Å². The van der Waals surface area contributed by atoms with E-state index in [1.807, 2.05) is 44.3 Å². The molecule has 98 valence electrons. The summed E-state index contributed by atoms with van der Waals surface area (Å²) in [6.07, 6.45) is 3.54. The predicted molar refractivity (Wildman–Crippen MR) is 73.1 cm³/mol. The molecule has 0 spiro atoms. The fourth-order valence-electron chi connectivity index (χ4n) is 1.81. The van der Waals surface area contributed by atoms with Gasteiger partial charge in [0.2, 0.25) is 0 Å². The highest BCUT2D eigenvalue weighted by atomic mass is 16.6. The van der Waals surface area contributed by atoms with Crippen molar-refractivity contribution in [2.75, 3.05) is 0 Å². The van der Waals surface area contributed by atoms with Crippen LogP contribution in [-0.4, -0.2) is 14.7 Å². The van der Waals surface area contributed by atoms with E-state index in [-0.39, 0.29) is 10.6 Å². The lowest BCUT2D eigenvalue weighted by molar-refractivity contribution is -0.425. The van der Waals surface area contributed by atoms with Gasteiger partial charge in [-0.05, 0) is 12.5 Å². The van der Waals surface area contributed by atoms with Crippen molar-refractivity contribution in [2.45, 2.75) is 13.3 Å². The summed E-state index contributed by atoms with van der Waals surface area (Å²) in [4.78, 5) is 10.8. The highest BCUT2D eigenvalue weighted by Crippen LogP contribution is 2.15. The minimum atomic E-state index is -0.334. The van der Waals surface area contributed by atoms with E-state index in [1.54, 1.807) is 17.0 Å². The highest BCUT2D eigenvalue weighted by Gasteiger charge is 2.13. The van der Waals surface area contributed by atoms with E-state index < -0.39 is 0 Å². The van der Waals surface area contributed by atoms with Gasteiger partial charge in [-0.3, -0.25) is 14.8 Å². The maximum Gasteiger partial charge on any atom is 0.251 e. The molecule has 0 aliphatic rings. The molecule has 5 heteroatoms. The Morgan fingerprint density at radius 2 is 2.11 bits per heavy atom. The Labute approximate surface area is 111 Å². The molecule has 1 aromatic carbocycles. The second-order valence-electron chi connectivity index (χ2n) is 4.36. The molecule has 2 rings (SSSR count). The Kier molecular flexibility index (Phi) is 3.75. The van der Waals surface area contributed by atoms with Crippen molar-refractivity contribution in [2.24, 2.45) is 7.05 Å². The maximum atomic E-state index is 11.1. The molecule has 5 nitrogen and oxygen atoms in total. The third-order valence-electron chi connectivity index (χ3n) is 3.06. The smallest absolute Gasteiger partial charge is 0.251 e. The predicted octanol–water partition coefficient (Wildman–Crippen LogP) is 2.59. The summed E-state index contributed by atoms with van der Waals surface area (Å²) in [6.45, 7) is 1.89. The molecule has 0 saturated carbocycles. The number of rotatable bonds is 4. The van der Waals surface area contributed by atoms with Gasteiger partial charge in [0.1, 0.15) is 0 Å². The molecule has 0 amide bonds. The van der Waals surface area contributed by atoms with Gasteiger partial charge in [0.05, 0.1) is 17.5 Å². The monoisotopic (exact) mass is 257 g/mol. The molecule has 0 radical (unpaired) electrons. The molecule has 19 heavy (non-hydrogen) atoms. The van der Waals surface area contributed by atoms with Crippen LogP contribution in [0.4, 0.5) is 0 Å². The van der Waals surface area contributed by atoms with Crippen molar-refractivity contribution < 1.29 is 4.92 Å². The van der Waals surface area contributed by atoms with E-state index in [0.29, 0.717) is 6.42 Å². The van der Waals surface area contributed by atoms with E-state index in [0.717, 1.165) is 16.8 Å². The van der Waals surface area contributed by atoms with Crippen LogP contribution in [0.2, 0.25) is 0 Å². The molecule has 0 unspecified atom stereocenters. The Morgan fingerprint density at radius 1 is 1.42 bits per heavy atom. The number of hydrogen-bond donors (Lipinski definition) is 0. The van der Waals surface area contributed by atoms with Crippen molar-refractivity contribution >= 4 is 6.08 Å². The van der Waals surface area contributed by atoms with Gasteiger partial charge in [-0.1, -0.05) is 30.3 Å². The second kappa shape index (κ2) is 5.48.